The van der Waals surface area contributed by atoms with E-state index in [0.717, 1.165) is 11.3 Å². The van der Waals surface area contributed by atoms with Crippen LogP contribution < -0.4 is 5.01 Å². The summed E-state index contributed by atoms with van der Waals surface area (Å²) in [5.74, 6) is -0.0384. The van der Waals surface area contributed by atoms with Gasteiger partial charge in [-0.05, 0) is 23.8 Å². The lowest BCUT2D eigenvalue weighted by Gasteiger charge is -2.29. The van der Waals surface area contributed by atoms with Crippen molar-refractivity contribution < 1.29 is 4.79 Å². The maximum Gasteiger partial charge on any atom is 0.242 e. The van der Waals surface area contributed by atoms with E-state index >= 15 is 0 Å². The van der Waals surface area contributed by atoms with Crippen LogP contribution in [0.4, 0.5) is 5.69 Å². The summed E-state index contributed by atoms with van der Waals surface area (Å²) in [5, 5.41) is 3.41. The minimum atomic E-state index is -0.0384. The lowest BCUT2D eigenvalue weighted by molar-refractivity contribution is -0.126. The van der Waals surface area contributed by atoms with Crippen LogP contribution in [-0.2, 0) is 4.79 Å². The smallest absolute Gasteiger partial charge is 0.242 e. The first kappa shape index (κ1) is 13.9. The van der Waals surface area contributed by atoms with Gasteiger partial charge >= 0.3 is 0 Å². The van der Waals surface area contributed by atoms with E-state index in [1.807, 2.05) is 78.8 Å². The molecule has 2 aromatic carbocycles. The fraction of sp³-hybridized carbons (Fsp3) is 0.118. The highest BCUT2D eigenvalue weighted by atomic mass is 16.2. The highest BCUT2D eigenvalue weighted by molar-refractivity contribution is 5.77. The molecule has 0 fully saturated rings. The molecular formula is C17H18N2O. The number of para-hydroxylation sites is 1. The van der Waals surface area contributed by atoms with Crippen molar-refractivity contribution in [1.82, 2.24) is 5.01 Å². The van der Waals surface area contributed by atoms with Crippen LogP contribution in [0.2, 0.25) is 0 Å². The van der Waals surface area contributed by atoms with Crippen LogP contribution in [0, 0.1) is 0 Å². The topological polar surface area (TPSA) is 23.6 Å². The maximum absolute atomic E-state index is 11.8. The first-order chi connectivity index (χ1) is 9.68. The quantitative estimate of drug-likeness (QED) is 0.790. The normalized spacial score (nSPS) is 10.5. The molecule has 0 saturated carbocycles. The molecule has 0 aliphatic heterocycles. The van der Waals surface area contributed by atoms with Gasteiger partial charge in [-0.15, -0.1) is 0 Å². The van der Waals surface area contributed by atoms with Crippen LogP contribution in [0.25, 0.3) is 6.08 Å². The van der Waals surface area contributed by atoms with E-state index in [2.05, 4.69) is 0 Å². The van der Waals surface area contributed by atoms with Crippen molar-refractivity contribution in [3.8, 4) is 0 Å². The lowest BCUT2D eigenvalue weighted by Crippen LogP contribution is -2.39. The molecule has 1 amide bonds. The van der Waals surface area contributed by atoms with Crippen LogP contribution in [0.5, 0.6) is 0 Å². The Balaban J connectivity index is 2.20. The number of rotatable bonds is 4. The fourth-order valence-electron chi connectivity index (χ4n) is 1.91. The Morgan fingerprint density at radius 1 is 0.950 bits per heavy atom. The second-order valence-electron chi connectivity index (χ2n) is 4.45. The number of amides is 1. The molecule has 0 unspecified atom stereocenters. The molecule has 0 saturated heterocycles. The number of carbonyl (C=O) groups excluding carboxylic acids is 1. The monoisotopic (exact) mass is 266 g/mol. The number of anilines is 1. The molecule has 3 nitrogen and oxygen atoms in total. The van der Waals surface area contributed by atoms with Gasteiger partial charge in [0.05, 0.1) is 5.69 Å². The minimum absolute atomic E-state index is 0.0384. The molecule has 0 aliphatic carbocycles. The highest BCUT2D eigenvalue weighted by Gasteiger charge is 2.11. The average molecular weight is 266 g/mol. The molecule has 2 aromatic rings. The average Bonchev–Trinajstić information content (AvgIpc) is 2.49. The van der Waals surface area contributed by atoms with Gasteiger partial charge < -0.3 is 0 Å². The van der Waals surface area contributed by atoms with E-state index < -0.39 is 0 Å². The van der Waals surface area contributed by atoms with Gasteiger partial charge in [-0.3, -0.25) is 9.80 Å². The van der Waals surface area contributed by atoms with Crippen molar-refractivity contribution in [3.63, 3.8) is 0 Å². The van der Waals surface area contributed by atoms with Crippen molar-refractivity contribution in [2.24, 2.45) is 0 Å². The summed E-state index contributed by atoms with van der Waals surface area (Å²) in [6.07, 6.45) is 3.70. The Labute approximate surface area is 119 Å². The molecule has 0 N–H and O–H groups in total. The Morgan fingerprint density at radius 3 is 2.05 bits per heavy atom. The van der Waals surface area contributed by atoms with Gasteiger partial charge in [-0.25, -0.2) is 5.01 Å². The van der Waals surface area contributed by atoms with E-state index in [-0.39, 0.29) is 5.91 Å². The Bertz CT molecular complexity index is 578. The van der Waals surface area contributed by atoms with Crippen LogP contribution in [0.15, 0.2) is 66.9 Å². The molecule has 0 heterocycles. The Kier molecular flexibility index (Phi) is 4.56. The van der Waals surface area contributed by atoms with Gasteiger partial charge in [0.1, 0.15) is 0 Å². The van der Waals surface area contributed by atoms with Crippen molar-refractivity contribution in [1.29, 1.82) is 0 Å². The minimum Gasteiger partial charge on any atom is -0.282 e. The van der Waals surface area contributed by atoms with E-state index in [4.69, 9.17) is 0 Å². The van der Waals surface area contributed by atoms with Crippen LogP contribution in [0.1, 0.15) is 12.5 Å². The second-order valence-corrected chi connectivity index (χ2v) is 4.45. The number of benzene rings is 2. The molecule has 0 aromatic heterocycles. The fourth-order valence-corrected chi connectivity index (χ4v) is 1.91. The third-order valence-electron chi connectivity index (χ3n) is 2.98. The van der Waals surface area contributed by atoms with Gasteiger partial charge in [0.2, 0.25) is 5.91 Å². The Hall–Kier alpha value is -2.55. The number of nitrogens with zero attached hydrogens (tertiary/aromatic N) is 2. The van der Waals surface area contributed by atoms with Crippen LogP contribution in [0.3, 0.4) is 0 Å². The summed E-state index contributed by atoms with van der Waals surface area (Å²) >= 11 is 0. The van der Waals surface area contributed by atoms with E-state index in [9.17, 15) is 4.79 Å². The van der Waals surface area contributed by atoms with E-state index in [0.29, 0.717) is 0 Å². The molecule has 3 heteroatoms. The first-order valence-corrected chi connectivity index (χ1v) is 6.50. The number of hydrogen-bond donors (Lipinski definition) is 0. The molecular weight excluding hydrogens is 248 g/mol. The van der Waals surface area contributed by atoms with Gasteiger partial charge in [0, 0.05) is 20.2 Å². The van der Waals surface area contributed by atoms with Crippen LogP contribution in [-0.4, -0.2) is 18.0 Å². The zero-order valence-electron chi connectivity index (χ0n) is 11.7. The Morgan fingerprint density at radius 2 is 1.50 bits per heavy atom. The van der Waals surface area contributed by atoms with Gasteiger partial charge in [-0.1, -0.05) is 48.5 Å². The van der Waals surface area contributed by atoms with Crippen LogP contribution >= 0.6 is 0 Å². The summed E-state index contributed by atoms with van der Waals surface area (Å²) < 4.78 is 0. The van der Waals surface area contributed by atoms with Crippen molar-refractivity contribution in [3.05, 3.63) is 72.4 Å². The molecule has 102 valence electrons. The largest absolute Gasteiger partial charge is 0.282 e. The summed E-state index contributed by atoms with van der Waals surface area (Å²) in [7, 11) is 1.87. The predicted molar refractivity (Wildman–Crippen MR) is 82.8 cm³/mol. The van der Waals surface area contributed by atoms with E-state index in [1.165, 1.54) is 0 Å². The van der Waals surface area contributed by atoms with Crippen molar-refractivity contribution in [2.75, 3.05) is 12.1 Å². The SMILES string of the molecule is CC(=O)N(/C=C/c1ccccc1)N(C)c1ccccc1. The molecule has 0 aliphatic rings. The summed E-state index contributed by atoms with van der Waals surface area (Å²) in [6, 6.07) is 19.7. The summed E-state index contributed by atoms with van der Waals surface area (Å²) in [6.45, 7) is 1.55. The van der Waals surface area contributed by atoms with Crippen molar-refractivity contribution >= 4 is 17.7 Å². The molecule has 0 spiro atoms. The molecule has 2 rings (SSSR count). The third-order valence-corrected chi connectivity index (χ3v) is 2.98. The predicted octanol–water partition coefficient (Wildman–Crippen LogP) is 3.56. The number of hydrogen-bond acceptors (Lipinski definition) is 2. The van der Waals surface area contributed by atoms with Gasteiger partial charge in [-0.2, -0.15) is 0 Å². The molecule has 0 bridgehead atoms. The van der Waals surface area contributed by atoms with E-state index in [1.54, 1.807) is 18.1 Å². The molecule has 0 atom stereocenters. The van der Waals surface area contributed by atoms with Crippen molar-refractivity contribution in [2.45, 2.75) is 6.92 Å². The highest BCUT2D eigenvalue weighted by Crippen LogP contribution is 2.15. The number of hydrazine groups is 1. The van der Waals surface area contributed by atoms with Gasteiger partial charge in [0.25, 0.3) is 0 Å². The van der Waals surface area contributed by atoms with Gasteiger partial charge in [0.15, 0.2) is 0 Å². The maximum atomic E-state index is 11.8. The number of carbonyl (C=O) groups is 1. The third kappa shape index (κ3) is 3.48. The lowest BCUT2D eigenvalue weighted by atomic mass is 10.2. The second kappa shape index (κ2) is 6.57. The zero-order valence-corrected chi connectivity index (χ0v) is 11.7. The summed E-state index contributed by atoms with van der Waals surface area (Å²) in [4.78, 5) is 11.8. The standard InChI is InChI=1S/C17H18N2O/c1-15(20)19(14-13-16-9-5-3-6-10-16)18(2)17-11-7-4-8-12-17/h3-14H,1-2H3/b14-13+. The molecule has 0 radical (unpaired) electrons. The first-order valence-electron chi connectivity index (χ1n) is 6.50. The summed E-state index contributed by atoms with van der Waals surface area (Å²) in [5.41, 5.74) is 2.01. The molecule has 20 heavy (non-hydrogen) atoms. The zero-order chi connectivity index (χ0) is 14.4.